The maximum absolute atomic E-state index is 13.3. The summed E-state index contributed by atoms with van der Waals surface area (Å²) in [6.07, 6.45) is 1.43. The van der Waals surface area contributed by atoms with Gasteiger partial charge in [0, 0.05) is 13.6 Å². The van der Waals surface area contributed by atoms with Crippen LogP contribution in [0.15, 0.2) is 87.3 Å². The summed E-state index contributed by atoms with van der Waals surface area (Å²) in [6.45, 7) is -0.440. The van der Waals surface area contributed by atoms with E-state index in [1.807, 2.05) is 6.07 Å². The zero-order chi connectivity index (χ0) is 23.1. The number of anilines is 1. The second kappa shape index (κ2) is 10.9. The quantitative estimate of drug-likeness (QED) is 0.228. The molecule has 10 heteroatoms. The number of nitrogens with one attached hydrogen (secondary N) is 1. The predicted octanol–water partition coefficient (Wildman–Crippen LogP) is 4.41. The van der Waals surface area contributed by atoms with Gasteiger partial charge in [0.05, 0.1) is 23.9 Å². The first-order valence-electron chi connectivity index (χ1n) is 9.30. The molecule has 0 bridgehead atoms. The van der Waals surface area contributed by atoms with E-state index in [9.17, 15) is 13.2 Å². The van der Waals surface area contributed by atoms with Crippen LogP contribution in [0.1, 0.15) is 5.56 Å². The van der Waals surface area contributed by atoms with Gasteiger partial charge in [0.15, 0.2) is 0 Å². The van der Waals surface area contributed by atoms with Crippen LogP contribution in [-0.4, -0.2) is 34.2 Å². The Bertz CT molecular complexity index is 1220. The number of benzene rings is 3. The summed E-state index contributed by atoms with van der Waals surface area (Å²) in [5, 5.41) is 3.96. The molecule has 166 valence electrons. The van der Waals surface area contributed by atoms with E-state index in [-0.39, 0.29) is 4.90 Å². The summed E-state index contributed by atoms with van der Waals surface area (Å²) in [5.41, 5.74) is 3.41. The molecule has 3 aromatic carbocycles. The normalized spacial score (nSPS) is 11.3. The van der Waals surface area contributed by atoms with Crippen molar-refractivity contribution in [1.29, 1.82) is 0 Å². The molecule has 1 amide bonds. The third-order valence-corrected chi connectivity index (χ3v) is 7.32. The Kier molecular flexibility index (Phi) is 8.26. The number of methoxy groups -OCH3 is 1. The molecule has 0 atom stereocenters. The standard InChI is InChI=1S/C22H19BrIN3O4S/c1-31-21-12-7-17(23)13-16(21)14-25-26-22(28)15-27(19-10-8-18(24)9-11-19)32(29,30)20-5-3-2-4-6-20/h2-14H,15H2,1H3,(H,26,28)/b25-14-. The fourth-order valence-electron chi connectivity index (χ4n) is 2.79. The molecule has 0 radical (unpaired) electrons. The molecule has 0 saturated heterocycles. The van der Waals surface area contributed by atoms with Gasteiger partial charge in [-0.3, -0.25) is 9.10 Å². The lowest BCUT2D eigenvalue weighted by Gasteiger charge is -2.23. The zero-order valence-corrected chi connectivity index (χ0v) is 21.5. The molecule has 32 heavy (non-hydrogen) atoms. The van der Waals surface area contributed by atoms with Crippen molar-refractivity contribution in [2.24, 2.45) is 5.10 Å². The van der Waals surface area contributed by atoms with Gasteiger partial charge >= 0.3 is 0 Å². The second-order valence-electron chi connectivity index (χ2n) is 6.48. The monoisotopic (exact) mass is 627 g/mol. The first-order valence-corrected chi connectivity index (χ1v) is 12.6. The summed E-state index contributed by atoms with van der Waals surface area (Å²) in [6, 6.07) is 20.2. The summed E-state index contributed by atoms with van der Waals surface area (Å²) >= 11 is 5.51. The van der Waals surface area contributed by atoms with Crippen molar-refractivity contribution in [2.75, 3.05) is 18.0 Å². The SMILES string of the molecule is COc1ccc(Br)cc1/C=N\NC(=O)CN(c1ccc(I)cc1)S(=O)(=O)c1ccccc1. The largest absolute Gasteiger partial charge is 0.496 e. The first kappa shape index (κ1) is 24.2. The van der Waals surface area contributed by atoms with Gasteiger partial charge in [-0.1, -0.05) is 34.1 Å². The number of nitrogens with zero attached hydrogens (tertiary/aromatic N) is 2. The lowest BCUT2D eigenvalue weighted by Crippen LogP contribution is -2.39. The van der Waals surface area contributed by atoms with Gasteiger partial charge in [0.1, 0.15) is 12.3 Å². The van der Waals surface area contributed by atoms with Gasteiger partial charge in [0.25, 0.3) is 15.9 Å². The average molecular weight is 628 g/mol. The van der Waals surface area contributed by atoms with Gasteiger partial charge < -0.3 is 4.74 Å². The molecule has 0 saturated carbocycles. The maximum Gasteiger partial charge on any atom is 0.264 e. The minimum Gasteiger partial charge on any atom is -0.496 e. The summed E-state index contributed by atoms with van der Waals surface area (Å²) < 4.78 is 34.6. The van der Waals surface area contributed by atoms with E-state index in [4.69, 9.17) is 4.74 Å². The third kappa shape index (κ3) is 6.08. The smallest absolute Gasteiger partial charge is 0.264 e. The van der Waals surface area contributed by atoms with E-state index in [2.05, 4.69) is 49.0 Å². The highest BCUT2D eigenvalue weighted by atomic mass is 127. The van der Waals surface area contributed by atoms with Crippen LogP contribution in [0.25, 0.3) is 0 Å². The number of hydrazone groups is 1. The fourth-order valence-corrected chi connectivity index (χ4v) is 4.97. The van der Waals surface area contributed by atoms with Crippen molar-refractivity contribution < 1.29 is 17.9 Å². The van der Waals surface area contributed by atoms with E-state index >= 15 is 0 Å². The van der Waals surface area contributed by atoms with Crippen molar-refractivity contribution in [1.82, 2.24) is 5.43 Å². The van der Waals surface area contributed by atoms with Gasteiger partial charge in [-0.15, -0.1) is 0 Å². The van der Waals surface area contributed by atoms with Crippen LogP contribution >= 0.6 is 38.5 Å². The summed E-state index contributed by atoms with van der Waals surface area (Å²) in [4.78, 5) is 12.7. The van der Waals surface area contributed by atoms with Gasteiger partial charge in [0.2, 0.25) is 0 Å². The number of sulfonamides is 1. The Labute approximate surface area is 208 Å². The summed E-state index contributed by atoms with van der Waals surface area (Å²) in [5.74, 6) is -0.00774. The molecular formula is C22H19BrIN3O4S. The first-order chi connectivity index (χ1) is 15.3. The van der Waals surface area contributed by atoms with Gasteiger partial charge in [-0.2, -0.15) is 5.10 Å². The Morgan fingerprint density at radius 2 is 1.81 bits per heavy atom. The zero-order valence-electron chi connectivity index (χ0n) is 16.9. The van der Waals surface area contributed by atoms with Crippen molar-refractivity contribution >= 4 is 66.4 Å². The topological polar surface area (TPSA) is 88.1 Å². The van der Waals surface area contributed by atoms with E-state index in [1.165, 1.54) is 25.5 Å². The Morgan fingerprint density at radius 3 is 2.47 bits per heavy atom. The third-order valence-electron chi connectivity index (χ3n) is 4.32. The number of hydrogen-bond acceptors (Lipinski definition) is 5. The van der Waals surface area contributed by atoms with E-state index < -0.39 is 22.5 Å². The van der Waals surface area contributed by atoms with Gasteiger partial charge in [-0.05, 0) is 77.2 Å². The van der Waals surface area contributed by atoms with Crippen LogP contribution in [0.3, 0.4) is 0 Å². The van der Waals surface area contributed by atoms with Crippen molar-refractivity contribution in [3.63, 3.8) is 0 Å². The molecule has 3 rings (SSSR count). The molecule has 0 aromatic heterocycles. The Morgan fingerprint density at radius 1 is 1.12 bits per heavy atom. The van der Waals surface area contributed by atoms with Crippen LogP contribution in [0, 0.1) is 3.57 Å². The molecule has 7 nitrogen and oxygen atoms in total. The Balaban J connectivity index is 1.83. The molecule has 3 aromatic rings. The molecule has 0 heterocycles. The molecular weight excluding hydrogens is 609 g/mol. The summed E-state index contributed by atoms with van der Waals surface area (Å²) in [7, 11) is -2.43. The molecule has 0 aliphatic rings. The van der Waals surface area contributed by atoms with Crippen LogP contribution in [0.2, 0.25) is 0 Å². The van der Waals surface area contributed by atoms with Crippen molar-refractivity contribution in [3.05, 3.63) is 86.4 Å². The molecule has 0 spiro atoms. The lowest BCUT2D eigenvalue weighted by molar-refractivity contribution is -0.119. The predicted molar refractivity (Wildman–Crippen MR) is 137 cm³/mol. The Hall–Kier alpha value is -2.44. The van der Waals surface area contributed by atoms with Crippen molar-refractivity contribution in [3.8, 4) is 5.75 Å². The van der Waals surface area contributed by atoms with Crippen LogP contribution in [0.4, 0.5) is 5.69 Å². The number of carbonyl (C=O) groups excluding carboxylic acids is 1. The van der Waals surface area contributed by atoms with E-state index in [0.29, 0.717) is 17.0 Å². The van der Waals surface area contributed by atoms with Crippen LogP contribution in [0.5, 0.6) is 5.75 Å². The maximum atomic E-state index is 13.3. The fraction of sp³-hybridized carbons (Fsp3) is 0.0909. The average Bonchev–Trinajstić information content (AvgIpc) is 2.79. The number of carbonyl (C=O) groups is 1. The van der Waals surface area contributed by atoms with Crippen LogP contribution in [-0.2, 0) is 14.8 Å². The lowest BCUT2D eigenvalue weighted by atomic mass is 10.2. The van der Waals surface area contributed by atoms with Crippen molar-refractivity contribution in [2.45, 2.75) is 4.90 Å². The minimum atomic E-state index is -3.96. The number of rotatable bonds is 8. The van der Waals surface area contributed by atoms with E-state index in [1.54, 1.807) is 54.6 Å². The van der Waals surface area contributed by atoms with Gasteiger partial charge in [-0.25, -0.2) is 13.8 Å². The number of amides is 1. The minimum absolute atomic E-state index is 0.0914. The molecule has 0 fully saturated rings. The highest BCUT2D eigenvalue weighted by Crippen LogP contribution is 2.24. The van der Waals surface area contributed by atoms with Crippen LogP contribution < -0.4 is 14.5 Å². The highest BCUT2D eigenvalue weighted by molar-refractivity contribution is 14.1. The number of halogens is 2. The number of hydrogen-bond donors (Lipinski definition) is 1. The molecule has 0 aliphatic carbocycles. The van der Waals surface area contributed by atoms with E-state index in [0.717, 1.165) is 12.3 Å². The number of ether oxygens (including phenoxy) is 1. The molecule has 0 unspecified atom stereocenters. The molecule has 0 aliphatic heterocycles. The highest BCUT2D eigenvalue weighted by Gasteiger charge is 2.27. The second-order valence-corrected chi connectivity index (χ2v) is 10.5. The molecule has 1 N–H and O–H groups in total.